The minimum atomic E-state index is 0.640. The first-order chi connectivity index (χ1) is 10.8. The fraction of sp³-hybridized carbons (Fsp3) is 0.500. The Morgan fingerprint density at radius 1 is 1.41 bits per heavy atom. The van der Waals surface area contributed by atoms with Crippen LogP contribution < -0.4 is 10.2 Å². The van der Waals surface area contributed by atoms with E-state index in [9.17, 15) is 0 Å². The van der Waals surface area contributed by atoms with E-state index in [2.05, 4.69) is 38.8 Å². The van der Waals surface area contributed by atoms with Crippen LogP contribution in [0.4, 0.5) is 0 Å². The van der Waals surface area contributed by atoms with Gasteiger partial charge in [0.2, 0.25) is 0 Å². The molecule has 0 radical (unpaired) electrons. The standard InChI is InChI=1S/C16H23N5O/c1-3-20-8-10-21(11-9-20)13(2)18-19-14-6-12-22-15-5-4-7-17-16(14)15/h4-5,7,18H,2-3,6,8-12H2,1H3/b19-14-. The summed E-state index contributed by atoms with van der Waals surface area (Å²) >= 11 is 0. The summed E-state index contributed by atoms with van der Waals surface area (Å²) in [7, 11) is 0. The second-order valence-electron chi connectivity index (χ2n) is 5.49. The molecule has 0 unspecified atom stereocenters. The molecule has 118 valence electrons. The number of ether oxygens (including phenoxy) is 1. The molecule has 2 aliphatic rings. The molecule has 0 spiro atoms. The van der Waals surface area contributed by atoms with Gasteiger partial charge in [-0.2, -0.15) is 5.10 Å². The van der Waals surface area contributed by atoms with Crippen LogP contribution in [0.5, 0.6) is 5.75 Å². The minimum Gasteiger partial charge on any atom is -0.491 e. The van der Waals surface area contributed by atoms with Crippen molar-refractivity contribution in [2.24, 2.45) is 5.10 Å². The Morgan fingerprint density at radius 3 is 3.00 bits per heavy atom. The van der Waals surface area contributed by atoms with E-state index in [0.717, 1.165) is 62.1 Å². The molecule has 3 rings (SSSR count). The highest BCUT2D eigenvalue weighted by Gasteiger charge is 2.19. The number of hydrogen-bond donors (Lipinski definition) is 1. The van der Waals surface area contributed by atoms with Crippen molar-refractivity contribution in [2.45, 2.75) is 13.3 Å². The Kier molecular flexibility index (Phi) is 4.58. The predicted octanol–water partition coefficient (Wildman–Crippen LogP) is 1.27. The summed E-state index contributed by atoms with van der Waals surface area (Å²) in [6.07, 6.45) is 2.52. The summed E-state index contributed by atoms with van der Waals surface area (Å²) in [5, 5.41) is 4.51. The molecule has 1 fully saturated rings. The zero-order chi connectivity index (χ0) is 15.4. The van der Waals surface area contributed by atoms with Crippen molar-refractivity contribution in [2.75, 3.05) is 39.3 Å². The molecule has 0 aromatic carbocycles. The average molecular weight is 301 g/mol. The van der Waals surface area contributed by atoms with Crippen molar-refractivity contribution in [1.29, 1.82) is 0 Å². The molecule has 1 aromatic rings. The van der Waals surface area contributed by atoms with Gasteiger partial charge in [-0.3, -0.25) is 10.4 Å². The van der Waals surface area contributed by atoms with E-state index in [1.807, 2.05) is 12.1 Å². The number of pyridine rings is 1. The van der Waals surface area contributed by atoms with Gasteiger partial charge >= 0.3 is 0 Å². The van der Waals surface area contributed by atoms with Crippen molar-refractivity contribution >= 4 is 5.71 Å². The second kappa shape index (κ2) is 6.79. The lowest BCUT2D eigenvalue weighted by Gasteiger charge is -2.36. The van der Waals surface area contributed by atoms with Gasteiger partial charge in [-0.25, -0.2) is 0 Å². The van der Waals surface area contributed by atoms with Crippen LogP contribution in [0.3, 0.4) is 0 Å². The molecule has 0 aliphatic carbocycles. The highest BCUT2D eigenvalue weighted by Crippen LogP contribution is 2.22. The van der Waals surface area contributed by atoms with E-state index in [1.165, 1.54) is 0 Å². The number of likely N-dealkylation sites (N-methyl/N-ethyl adjacent to an activating group) is 1. The van der Waals surface area contributed by atoms with Crippen LogP contribution >= 0.6 is 0 Å². The van der Waals surface area contributed by atoms with Crippen molar-refractivity contribution in [3.8, 4) is 5.75 Å². The minimum absolute atomic E-state index is 0.640. The third kappa shape index (κ3) is 3.22. The van der Waals surface area contributed by atoms with Gasteiger partial charge in [-0.15, -0.1) is 0 Å². The molecule has 1 aromatic heterocycles. The molecule has 0 amide bonds. The number of fused-ring (bicyclic) bond motifs is 1. The molecule has 0 bridgehead atoms. The topological polar surface area (TPSA) is 53.0 Å². The van der Waals surface area contributed by atoms with Gasteiger partial charge < -0.3 is 14.5 Å². The quantitative estimate of drug-likeness (QED) is 0.849. The van der Waals surface area contributed by atoms with Gasteiger partial charge in [-0.05, 0) is 18.7 Å². The molecule has 1 N–H and O–H groups in total. The normalized spacial score (nSPS) is 20.4. The fourth-order valence-corrected chi connectivity index (χ4v) is 2.75. The lowest BCUT2D eigenvalue weighted by atomic mass is 10.1. The Hall–Kier alpha value is -2.08. The Labute approximate surface area is 131 Å². The number of aromatic nitrogens is 1. The zero-order valence-electron chi connectivity index (χ0n) is 13.1. The summed E-state index contributed by atoms with van der Waals surface area (Å²) in [4.78, 5) is 9.05. The molecular weight excluding hydrogens is 278 g/mol. The molecule has 6 heteroatoms. The number of hydrogen-bond acceptors (Lipinski definition) is 6. The third-order valence-electron chi connectivity index (χ3n) is 4.16. The average Bonchev–Trinajstić information content (AvgIpc) is 2.59. The molecule has 6 nitrogen and oxygen atoms in total. The lowest BCUT2D eigenvalue weighted by molar-refractivity contribution is 0.159. The molecule has 0 atom stereocenters. The molecule has 22 heavy (non-hydrogen) atoms. The largest absolute Gasteiger partial charge is 0.491 e. The summed E-state index contributed by atoms with van der Waals surface area (Å²) in [5.74, 6) is 1.66. The van der Waals surface area contributed by atoms with E-state index in [1.54, 1.807) is 6.20 Å². The zero-order valence-corrected chi connectivity index (χ0v) is 13.1. The molecule has 1 saturated heterocycles. The highest BCUT2D eigenvalue weighted by molar-refractivity contribution is 6.01. The number of rotatable bonds is 4. The van der Waals surface area contributed by atoms with Crippen molar-refractivity contribution < 1.29 is 4.74 Å². The number of nitrogens with zero attached hydrogens (tertiary/aromatic N) is 4. The molecule has 3 heterocycles. The highest BCUT2D eigenvalue weighted by atomic mass is 16.5. The monoisotopic (exact) mass is 301 g/mol. The summed E-state index contributed by atoms with van der Waals surface area (Å²) in [5.41, 5.74) is 4.85. The summed E-state index contributed by atoms with van der Waals surface area (Å²) in [6.45, 7) is 12.2. The van der Waals surface area contributed by atoms with Gasteiger partial charge in [0.25, 0.3) is 0 Å². The maximum absolute atomic E-state index is 5.59. The van der Waals surface area contributed by atoms with Crippen LogP contribution in [-0.4, -0.2) is 59.8 Å². The maximum atomic E-state index is 5.59. The summed E-state index contributed by atoms with van der Waals surface area (Å²) in [6, 6.07) is 3.80. The van der Waals surface area contributed by atoms with Crippen LogP contribution in [0.2, 0.25) is 0 Å². The smallest absolute Gasteiger partial charge is 0.146 e. The lowest BCUT2D eigenvalue weighted by Crippen LogP contribution is -2.47. The first kappa shape index (κ1) is 14.8. The fourth-order valence-electron chi connectivity index (χ4n) is 2.75. The second-order valence-corrected chi connectivity index (χ2v) is 5.49. The first-order valence-corrected chi connectivity index (χ1v) is 7.85. The van der Waals surface area contributed by atoms with Gasteiger partial charge in [0.15, 0.2) is 0 Å². The number of hydrazone groups is 1. The van der Waals surface area contributed by atoms with Crippen LogP contribution in [-0.2, 0) is 0 Å². The van der Waals surface area contributed by atoms with Crippen LogP contribution in [0, 0.1) is 0 Å². The first-order valence-electron chi connectivity index (χ1n) is 7.85. The van der Waals surface area contributed by atoms with E-state index in [0.29, 0.717) is 6.61 Å². The SMILES string of the molecule is C=C(N/N=C1/CCOc2cccnc21)N1CCN(CC)CC1. The van der Waals surface area contributed by atoms with E-state index in [4.69, 9.17) is 4.74 Å². The van der Waals surface area contributed by atoms with Gasteiger partial charge in [0, 0.05) is 38.8 Å². The van der Waals surface area contributed by atoms with E-state index in [-0.39, 0.29) is 0 Å². The predicted molar refractivity (Wildman–Crippen MR) is 86.8 cm³/mol. The van der Waals surface area contributed by atoms with Crippen molar-refractivity contribution in [3.63, 3.8) is 0 Å². The number of nitrogens with one attached hydrogen (secondary N) is 1. The van der Waals surface area contributed by atoms with E-state index < -0.39 is 0 Å². The van der Waals surface area contributed by atoms with Crippen molar-refractivity contribution in [1.82, 2.24) is 20.2 Å². The Bertz CT molecular complexity index is 563. The molecular formula is C16H23N5O. The van der Waals surface area contributed by atoms with Crippen LogP contribution in [0.1, 0.15) is 19.0 Å². The molecule has 2 aliphatic heterocycles. The maximum Gasteiger partial charge on any atom is 0.146 e. The van der Waals surface area contributed by atoms with Crippen LogP contribution in [0.25, 0.3) is 0 Å². The summed E-state index contributed by atoms with van der Waals surface area (Å²) < 4.78 is 5.59. The van der Waals surface area contributed by atoms with Gasteiger partial charge in [0.1, 0.15) is 17.3 Å². The third-order valence-corrected chi connectivity index (χ3v) is 4.16. The number of piperazine rings is 1. The van der Waals surface area contributed by atoms with Crippen molar-refractivity contribution in [3.05, 3.63) is 36.4 Å². The van der Waals surface area contributed by atoms with Gasteiger partial charge in [0.05, 0.1) is 12.3 Å². The molecule has 0 saturated carbocycles. The van der Waals surface area contributed by atoms with Crippen LogP contribution in [0.15, 0.2) is 35.8 Å². The van der Waals surface area contributed by atoms with E-state index >= 15 is 0 Å². The van der Waals surface area contributed by atoms with Gasteiger partial charge in [-0.1, -0.05) is 13.5 Å². The Balaban J connectivity index is 1.61. The Morgan fingerprint density at radius 2 is 2.23 bits per heavy atom.